The summed E-state index contributed by atoms with van der Waals surface area (Å²) >= 11 is 0. The van der Waals surface area contributed by atoms with Crippen LogP contribution < -0.4 is 0 Å². The second kappa shape index (κ2) is 18.8. The molecular formula is C37H54O11. The molecule has 4 fully saturated rings. The smallest absolute Gasteiger partial charge is 0.184 e. The molecule has 0 amide bonds. The number of hydrogen-bond donors (Lipinski definition) is 1. The van der Waals surface area contributed by atoms with E-state index in [4.69, 9.17) is 52.5 Å². The molecule has 0 saturated carbocycles. The maximum absolute atomic E-state index is 8.95. The highest BCUT2D eigenvalue weighted by Gasteiger charge is 2.50. The Morgan fingerprint density at radius 2 is 1.08 bits per heavy atom. The molecule has 268 valence electrons. The Labute approximate surface area is 285 Å². The van der Waals surface area contributed by atoms with Gasteiger partial charge in [-0.05, 0) is 12.8 Å². The highest BCUT2D eigenvalue weighted by molar-refractivity contribution is 5.17. The summed E-state index contributed by atoms with van der Waals surface area (Å²) in [6.45, 7) is 8.62. The van der Waals surface area contributed by atoms with Gasteiger partial charge >= 0.3 is 0 Å². The summed E-state index contributed by atoms with van der Waals surface area (Å²) in [5, 5.41) is 8.95. The number of unbranched alkanes of at least 4 members (excludes halogenated alkanes) is 1. The van der Waals surface area contributed by atoms with E-state index in [9.17, 15) is 0 Å². The predicted octanol–water partition coefficient (Wildman–Crippen LogP) is 5.17. The highest BCUT2D eigenvalue weighted by Crippen LogP contribution is 2.39. The van der Waals surface area contributed by atoms with Gasteiger partial charge in [-0.2, -0.15) is 0 Å². The van der Waals surface area contributed by atoms with Gasteiger partial charge in [0, 0.05) is 57.0 Å². The number of methoxy groups -OCH3 is 2. The lowest BCUT2D eigenvalue weighted by molar-refractivity contribution is -0.353. The molecule has 2 aromatic carbocycles. The monoisotopic (exact) mass is 674 g/mol. The predicted molar refractivity (Wildman–Crippen MR) is 176 cm³/mol. The number of ether oxygens (including phenoxy) is 10. The second-order valence-electron chi connectivity index (χ2n) is 12.7. The number of rotatable bonds is 12. The van der Waals surface area contributed by atoms with Crippen LogP contribution in [0.2, 0.25) is 0 Å². The first-order valence-electron chi connectivity index (χ1n) is 17.3. The molecule has 0 bridgehead atoms. The summed E-state index contributed by atoms with van der Waals surface area (Å²) in [6.07, 6.45) is 0.272. The topological polar surface area (TPSA) is 113 Å². The molecule has 48 heavy (non-hydrogen) atoms. The van der Waals surface area contributed by atoms with Crippen LogP contribution in [0.1, 0.15) is 63.7 Å². The lowest BCUT2D eigenvalue weighted by Crippen LogP contribution is -2.59. The fraction of sp³-hybridized carbons (Fsp3) is 0.676. The van der Waals surface area contributed by atoms with Crippen molar-refractivity contribution in [3.05, 3.63) is 71.8 Å². The van der Waals surface area contributed by atoms with Gasteiger partial charge in [-0.15, -0.1) is 0 Å². The van der Waals surface area contributed by atoms with Crippen LogP contribution in [0, 0.1) is 11.8 Å². The molecule has 6 rings (SSSR count). The molecule has 4 aliphatic rings. The Bertz CT molecular complexity index is 1080. The normalized spacial score (nSPS) is 36.3. The molecule has 2 aromatic rings. The largest absolute Gasteiger partial charge is 0.396 e. The molecule has 0 aliphatic carbocycles. The van der Waals surface area contributed by atoms with Gasteiger partial charge in [0.05, 0.1) is 25.4 Å². The second-order valence-corrected chi connectivity index (χ2v) is 12.7. The molecule has 0 spiro atoms. The molecule has 1 N–H and O–H groups in total. The van der Waals surface area contributed by atoms with E-state index in [-0.39, 0.29) is 67.6 Å². The van der Waals surface area contributed by atoms with E-state index >= 15 is 0 Å². The van der Waals surface area contributed by atoms with Gasteiger partial charge in [0.2, 0.25) is 0 Å². The van der Waals surface area contributed by atoms with Crippen LogP contribution in [0.15, 0.2) is 60.7 Å². The molecular weight excluding hydrogens is 620 g/mol. The fourth-order valence-corrected chi connectivity index (χ4v) is 6.68. The average molecular weight is 675 g/mol. The standard InChI is InChI=1S/C19H28O5.C18H26O6/c1-4-5-11-21-17-13(2)16-15(23-19(17)20-3)12-22-18(24-16)14-9-7-6-8-10-14;1-12-15-14(23-18(20-2)16(12)21-10-6-9-19)11-22-17(24-15)13-7-4-3-5-8-13/h6-10,13,15-19H,4-5,11-12H2,1-3H3;3-5,7-8,12,14-19H,6,9-11H2,1-2H3/t13-,15+,16-,17+,18?,19-;12-,14+,15-,16+,17?,18-/m00/s1. The number of fused-ring (bicyclic) bond motifs is 2. The minimum atomic E-state index is -0.458. The lowest BCUT2D eigenvalue weighted by Gasteiger charge is -2.48. The van der Waals surface area contributed by atoms with Crippen molar-refractivity contribution < 1.29 is 52.5 Å². The van der Waals surface area contributed by atoms with Gasteiger partial charge in [-0.3, -0.25) is 0 Å². The first-order valence-corrected chi connectivity index (χ1v) is 17.3. The van der Waals surface area contributed by atoms with Gasteiger partial charge < -0.3 is 52.5 Å². The van der Waals surface area contributed by atoms with Gasteiger partial charge in [-0.1, -0.05) is 87.9 Å². The van der Waals surface area contributed by atoms with Crippen LogP contribution in [0.25, 0.3) is 0 Å². The number of benzene rings is 2. The van der Waals surface area contributed by atoms with Crippen LogP contribution in [0.3, 0.4) is 0 Å². The van der Waals surface area contributed by atoms with Crippen molar-refractivity contribution in [2.24, 2.45) is 11.8 Å². The van der Waals surface area contributed by atoms with E-state index in [0.29, 0.717) is 32.8 Å². The zero-order valence-electron chi connectivity index (χ0n) is 28.9. The average Bonchev–Trinajstić information content (AvgIpc) is 3.14. The van der Waals surface area contributed by atoms with E-state index in [0.717, 1.165) is 24.0 Å². The summed E-state index contributed by atoms with van der Waals surface area (Å²) in [5.74, 6) is 0.253. The SMILES string of the molecule is CCCCO[C@H]1[C@@H](OC)O[C@@H]2COC(c3ccccc3)O[C@H]2[C@@H]1C.CO[C@H]1O[C@@H]2COC(c3ccccc3)O[C@H]2[C@H](C)[C@H]1OCCCO. The maximum atomic E-state index is 8.95. The first kappa shape index (κ1) is 37.3. The molecule has 11 nitrogen and oxygen atoms in total. The molecule has 0 radical (unpaired) electrons. The van der Waals surface area contributed by atoms with E-state index < -0.39 is 12.6 Å². The highest BCUT2D eigenvalue weighted by atomic mass is 16.8. The van der Waals surface area contributed by atoms with Crippen molar-refractivity contribution in [3.63, 3.8) is 0 Å². The third-order valence-corrected chi connectivity index (χ3v) is 9.37. The Kier molecular flexibility index (Phi) is 14.6. The summed E-state index contributed by atoms with van der Waals surface area (Å²) < 4.78 is 59.0. The summed E-state index contributed by atoms with van der Waals surface area (Å²) in [6, 6.07) is 19.9. The summed E-state index contributed by atoms with van der Waals surface area (Å²) in [7, 11) is 3.27. The molecule has 4 saturated heterocycles. The fourth-order valence-electron chi connectivity index (χ4n) is 6.68. The van der Waals surface area contributed by atoms with Crippen molar-refractivity contribution in [3.8, 4) is 0 Å². The first-order chi connectivity index (χ1) is 23.5. The van der Waals surface area contributed by atoms with Crippen LogP contribution in [0.4, 0.5) is 0 Å². The maximum Gasteiger partial charge on any atom is 0.184 e. The Balaban J connectivity index is 0.000000188. The zero-order valence-corrected chi connectivity index (χ0v) is 28.9. The van der Waals surface area contributed by atoms with Crippen LogP contribution in [0.5, 0.6) is 0 Å². The van der Waals surface area contributed by atoms with E-state index in [1.54, 1.807) is 14.2 Å². The molecule has 2 unspecified atom stereocenters. The van der Waals surface area contributed by atoms with Crippen molar-refractivity contribution in [2.75, 3.05) is 47.3 Å². The van der Waals surface area contributed by atoms with Gasteiger partial charge in [-0.25, -0.2) is 0 Å². The van der Waals surface area contributed by atoms with Crippen LogP contribution in [-0.2, 0) is 47.4 Å². The molecule has 0 aromatic heterocycles. The Hall–Kier alpha value is -2.00. The minimum absolute atomic E-state index is 0.0676. The van der Waals surface area contributed by atoms with Crippen molar-refractivity contribution >= 4 is 0 Å². The van der Waals surface area contributed by atoms with Crippen molar-refractivity contribution in [1.29, 1.82) is 0 Å². The number of hydrogen-bond acceptors (Lipinski definition) is 11. The molecule has 11 heteroatoms. The van der Waals surface area contributed by atoms with Crippen LogP contribution >= 0.6 is 0 Å². The lowest BCUT2D eigenvalue weighted by atomic mass is 9.89. The third kappa shape index (κ3) is 9.21. The minimum Gasteiger partial charge on any atom is -0.396 e. The van der Waals surface area contributed by atoms with Crippen molar-refractivity contribution in [1.82, 2.24) is 0 Å². The summed E-state index contributed by atoms with van der Waals surface area (Å²) in [4.78, 5) is 0. The number of aliphatic hydroxyl groups excluding tert-OH is 1. The Morgan fingerprint density at radius 1 is 0.646 bits per heavy atom. The van der Waals surface area contributed by atoms with Gasteiger partial charge in [0.15, 0.2) is 25.2 Å². The number of aliphatic hydroxyl groups is 1. The van der Waals surface area contributed by atoms with Crippen molar-refractivity contribution in [2.45, 2.75) is 102 Å². The van der Waals surface area contributed by atoms with Crippen LogP contribution in [-0.4, -0.2) is 102 Å². The summed E-state index contributed by atoms with van der Waals surface area (Å²) in [5.41, 5.74) is 2.02. The molecule has 4 heterocycles. The Morgan fingerprint density at radius 3 is 1.48 bits per heavy atom. The van der Waals surface area contributed by atoms with Gasteiger partial charge in [0.25, 0.3) is 0 Å². The third-order valence-electron chi connectivity index (χ3n) is 9.37. The molecule has 4 aliphatic heterocycles. The quantitative estimate of drug-likeness (QED) is 0.301. The molecule has 12 atom stereocenters. The van der Waals surface area contributed by atoms with Gasteiger partial charge in [0.1, 0.15) is 24.4 Å². The van der Waals surface area contributed by atoms with E-state index in [1.807, 2.05) is 60.7 Å². The van der Waals surface area contributed by atoms with E-state index in [1.165, 1.54) is 0 Å². The van der Waals surface area contributed by atoms with E-state index in [2.05, 4.69) is 20.8 Å². The zero-order chi connectivity index (χ0) is 33.9.